The summed E-state index contributed by atoms with van der Waals surface area (Å²) < 4.78 is 22.0. The highest BCUT2D eigenvalue weighted by molar-refractivity contribution is 7.90. The molecule has 0 aromatic heterocycles. The van der Waals surface area contributed by atoms with E-state index in [0.717, 1.165) is 11.8 Å². The third-order valence-electron chi connectivity index (χ3n) is 2.58. The Bertz CT molecular complexity index is 572. The molecular formula is C12H17ClN2O3S. The number of carbonyl (C=O) groups is 1. The summed E-state index contributed by atoms with van der Waals surface area (Å²) in [5.41, 5.74) is 7.08. The SMILES string of the molecule is Cc1cc(Cl)ccc1NC(=O)C(N)CCS(C)(=O)=O. The molecule has 106 valence electrons. The first-order valence-electron chi connectivity index (χ1n) is 5.69. The summed E-state index contributed by atoms with van der Waals surface area (Å²) in [5.74, 6) is -0.518. The van der Waals surface area contributed by atoms with Gasteiger partial charge in [-0.3, -0.25) is 4.79 Å². The molecule has 0 aliphatic carbocycles. The van der Waals surface area contributed by atoms with Gasteiger partial charge in [0.05, 0.1) is 11.8 Å². The van der Waals surface area contributed by atoms with Gasteiger partial charge >= 0.3 is 0 Å². The number of hydrogen-bond acceptors (Lipinski definition) is 4. The van der Waals surface area contributed by atoms with E-state index in [0.29, 0.717) is 10.7 Å². The maximum absolute atomic E-state index is 11.8. The van der Waals surface area contributed by atoms with Gasteiger partial charge in [-0.05, 0) is 37.1 Å². The molecule has 1 unspecified atom stereocenters. The Morgan fingerprint density at radius 3 is 2.63 bits per heavy atom. The molecule has 19 heavy (non-hydrogen) atoms. The quantitative estimate of drug-likeness (QED) is 0.859. The number of anilines is 1. The van der Waals surface area contributed by atoms with E-state index in [2.05, 4.69) is 5.32 Å². The van der Waals surface area contributed by atoms with E-state index in [1.54, 1.807) is 18.2 Å². The molecule has 1 amide bonds. The van der Waals surface area contributed by atoms with Crippen LogP contribution in [0.3, 0.4) is 0 Å². The Hall–Kier alpha value is -1.11. The largest absolute Gasteiger partial charge is 0.324 e. The topological polar surface area (TPSA) is 89.3 Å². The Labute approximate surface area is 118 Å². The Morgan fingerprint density at radius 1 is 1.47 bits per heavy atom. The predicted molar refractivity (Wildman–Crippen MR) is 77.1 cm³/mol. The van der Waals surface area contributed by atoms with Crippen LogP contribution in [0.2, 0.25) is 5.02 Å². The van der Waals surface area contributed by atoms with Gasteiger partial charge in [-0.2, -0.15) is 0 Å². The second kappa shape index (κ2) is 6.36. The second-order valence-electron chi connectivity index (χ2n) is 4.47. The van der Waals surface area contributed by atoms with Gasteiger partial charge < -0.3 is 11.1 Å². The lowest BCUT2D eigenvalue weighted by molar-refractivity contribution is -0.117. The lowest BCUT2D eigenvalue weighted by Crippen LogP contribution is -2.37. The molecular weight excluding hydrogens is 288 g/mol. The minimum absolute atomic E-state index is 0.0945. The number of halogens is 1. The lowest BCUT2D eigenvalue weighted by Gasteiger charge is -2.13. The van der Waals surface area contributed by atoms with Crippen LogP contribution in [-0.2, 0) is 14.6 Å². The first kappa shape index (κ1) is 15.9. The fourth-order valence-corrected chi connectivity index (χ4v) is 2.37. The molecule has 1 aromatic rings. The second-order valence-corrected chi connectivity index (χ2v) is 7.17. The maximum atomic E-state index is 11.8. The van der Waals surface area contributed by atoms with Crippen molar-refractivity contribution in [1.29, 1.82) is 0 Å². The molecule has 0 bridgehead atoms. The molecule has 0 saturated heterocycles. The number of amides is 1. The normalized spacial score (nSPS) is 13.1. The number of hydrogen-bond donors (Lipinski definition) is 2. The smallest absolute Gasteiger partial charge is 0.241 e. The van der Waals surface area contributed by atoms with Gasteiger partial charge in [0.15, 0.2) is 0 Å². The molecule has 7 heteroatoms. The minimum Gasteiger partial charge on any atom is -0.324 e. The number of benzene rings is 1. The van der Waals surface area contributed by atoms with E-state index in [9.17, 15) is 13.2 Å². The van der Waals surface area contributed by atoms with Crippen molar-refractivity contribution in [1.82, 2.24) is 0 Å². The van der Waals surface area contributed by atoms with Crippen LogP contribution >= 0.6 is 11.6 Å². The third-order valence-corrected chi connectivity index (χ3v) is 3.80. The number of nitrogens with one attached hydrogen (secondary N) is 1. The van der Waals surface area contributed by atoms with Crippen LogP contribution < -0.4 is 11.1 Å². The standard InChI is InChI=1S/C12H17ClN2O3S/c1-8-7-9(13)3-4-11(8)15-12(16)10(14)5-6-19(2,17)18/h3-4,7,10H,5-6,14H2,1-2H3,(H,15,16). The molecule has 1 aromatic carbocycles. The Balaban J connectivity index is 2.64. The highest BCUT2D eigenvalue weighted by atomic mass is 35.5. The van der Waals surface area contributed by atoms with Crippen molar-refractivity contribution in [3.8, 4) is 0 Å². The first-order chi connectivity index (χ1) is 8.69. The van der Waals surface area contributed by atoms with Crippen LogP contribution in [0.5, 0.6) is 0 Å². The molecule has 3 N–H and O–H groups in total. The molecule has 5 nitrogen and oxygen atoms in total. The average molecular weight is 305 g/mol. The molecule has 0 heterocycles. The summed E-state index contributed by atoms with van der Waals surface area (Å²) >= 11 is 5.81. The summed E-state index contributed by atoms with van der Waals surface area (Å²) in [6.45, 7) is 1.81. The highest BCUT2D eigenvalue weighted by Crippen LogP contribution is 2.19. The van der Waals surface area contributed by atoms with Gasteiger partial charge in [-0.1, -0.05) is 11.6 Å². The lowest BCUT2D eigenvalue weighted by atomic mass is 10.1. The fourth-order valence-electron chi connectivity index (χ4n) is 1.46. The molecule has 0 spiro atoms. The zero-order valence-corrected chi connectivity index (χ0v) is 12.4. The Kier molecular flexibility index (Phi) is 5.34. The van der Waals surface area contributed by atoms with Gasteiger partial charge in [0.1, 0.15) is 9.84 Å². The van der Waals surface area contributed by atoms with Crippen molar-refractivity contribution >= 4 is 33.0 Å². The predicted octanol–water partition coefficient (Wildman–Crippen LogP) is 1.35. The number of aryl methyl sites for hydroxylation is 1. The highest BCUT2D eigenvalue weighted by Gasteiger charge is 2.16. The van der Waals surface area contributed by atoms with Crippen molar-refractivity contribution in [2.24, 2.45) is 5.73 Å². The van der Waals surface area contributed by atoms with Crippen molar-refractivity contribution in [2.45, 2.75) is 19.4 Å². The van der Waals surface area contributed by atoms with Crippen LogP contribution in [0.4, 0.5) is 5.69 Å². The monoisotopic (exact) mass is 304 g/mol. The molecule has 1 atom stereocenters. The van der Waals surface area contributed by atoms with Gasteiger partial charge in [0.2, 0.25) is 5.91 Å². The van der Waals surface area contributed by atoms with Crippen molar-refractivity contribution in [3.63, 3.8) is 0 Å². The van der Waals surface area contributed by atoms with Crippen LogP contribution in [-0.4, -0.2) is 32.4 Å². The molecule has 0 saturated carbocycles. The summed E-state index contributed by atoms with van der Waals surface area (Å²) in [5, 5.41) is 3.24. The maximum Gasteiger partial charge on any atom is 0.241 e. The number of nitrogens with two attached hydrogens (primary N) is 1. The van der Waals surface area contributed by atoms with Crippen molar-refractivity contribution < 1.29 is 13.2 Å². The Morgan fingerprint density at radius 2 is 2.11 bits per heavy atom. The van der Waals surface area contributed by atoms with Gasteiger partial charge in [0, 0.05) is 17.0 Å². The molecule has 0 aliphatic heterocycles. The van der Waals surface area contributed by atoms with Gasteiger partial charge in [-0.15, -0.1) is 0 Å². The van der Waals surface area contributed by atoms with E-state index in [-0.39, 0.29) is 12.2 Å². The fraction of sp³-hybridized carbons (Fsp3) is 0.417. The molecule has 0 radical (unpaired) electrons. The summed E-state index contributed by atoms with van der Waals surface area (Å²) in [4.78, 5) is 11.8. The van der Waals surface area contributed by atoms with Crippen LogP contribution in [0.1, 0.15) is 12.0 Å². The van der Waals surface area contributed by atoms with Crippen molar-refractivity contribution in [3.05, 3.63) is 28.8 Å². The number of rotatable bonds is 5. The summed E-state index contributed by atoms with van der Waals surface area (Å²) in [7, 11) is -3.12. The zero-order chi connectivity index (χ0) is 14.6. The van der Waals surface area contributed by atoms with E-state index in [1.807, 2.05) is 6.92 Å². The van der Waals surface area contributed by atoms with E-state index in [4.69, 9.17) is 17.3 Å². The average Bonchev–Trinajstić information content (AvgIpc) is 2.28. The molecule has 0 fully saturated rings. The molecule has 0 aliphatic rings. The summed E-state index contributed by atoms with van der Waals surface area (Å²) in [6.07, 6.45) is 1.21. The van der Waals surface area contributed by atoms with E-state index < -0.39 is 21.8 Å². The van der Waals surface area contributed by atoms with Crippen LogP contribution in [0, 0.1) is 6.92 Å². The third kappa shape index (κ3) is 5.59. The summed E-state index contributed by atoms with van der Waals surface area (Å²) in [6, 6.07) is 4.20. The number of sulfone groups is 1. The van der Waals surface area contributed by atoms with E-state index >= 15 is 0 Å². The van der Waals surface area contributed by atoms with E-state index in [1.165, 1.54) is 0 Å². The van der Waals surface area contributed by atoms with Gasteiger partial charge in [-0.25, -0.2) is 8.42 Å². The molecule has 1 rings (SSSR count). The zero-order valence-electron chi connectivity index (χ0n) is 10.8. The number of carbonyl (C=O) groups excluding carboxylic acids is 1. The minimum atomic E-state index is -3.12. The van der Waals surface area contributed by atoms with Gasteiger partial charge in [0.25, 0.3) is 0 Å². The van der Waals surface area contributed by atoms with Crippen molar-refractivity contribution in [2.75, 3.05) is 17.3 Å². The van der Waals surface area contributed by atoms with Crippen LogP contribution in [0.15, 0.2) is 18.2 Å². The van der Waals surface area contributed by atoms with Crippen LogP contribution in [0.25, 0.3) is 0 Å². The first-order valence-corrected chi connectivity index (χ1v) is 8.13.